The fourth-order valence-corrected chi connectivity index (χ4v) is 5.27. The summed E-state index contributed by atoms with van der Waals surface area (Å²) in [5.41, 5.74) is 1.54. The van der Waals surface area contributed by atoms with Crippen LogP contribution < -0.4 is 14.8 Å². The van der Waals surface area contributed by atoms with Crippen LogP contribution in [0.2, 0.25) is 5.02 Å². The van der Waals surface area contributed by atoms with Crippen LogP contribution in [0.3, 0.4) is 0 Å². The van der Waals surface area contributed by atoms with Crippen LogP contribution in [0.5, 0.6) is 11.5 Å². The van der Waals surface area contributed by atoms with Crippen LogP contribution in [0.4, 0.5) is 11.5 Å². The summed E-state index contributed by atoms with van der Waals surface area (Å²) in [4.78, 5) is 11.3. The zero-order valence-corrected chi connectivity index (χ0v) is 22.2. The number of anilines is 2. The van der Waals surface area contributed by atoms with Gasteiger partial charge < -0.3 is 24.3 Å². The van der Waals surface area contributed by atoms with Crippen LogP contribution >= 0.6 is 27.5 Å². The molecular weight excluding hydrogens is 536 g/mol. The maximum atomic E-state index is 6.40. The van der Waals surface area contributed by atoms with Gasteiger partial charge in [0.1, 0.15) is 24.4 Å². The zero-order chi connectivity index (χ0) is 24.5. The quantitative estimate of drug-likeness (QED) is 0.408. The van der Waals surface area contributed by atoms with Crippen LogP contribution in [0, 0.1) is 0 Å². The van der Waals surface area contributed by atoms with Crippen molar-refractivity contribution in [2.24, 2.45) is 0 Å². The van der Waals surface area contributed by atoms with E-state index >= 15 is 0 Å². The number of ether oxygens (including phenoxy) is 4. The smallest absolute Gasteiger partial charge is 0.164 e. The maximum Gasteiger partial charge on any atom is 0.164 e. The van der Waals surface area contributed by atoms with E-state index < -0.39 is 0 Å². The lowest BCUT2D eigenvalue weighted by molar-refractivity contribution is 0.0240. The lowest BCUT2D eigenvalue weighted by Crippen LogP contribution is -2.44. The first-order chi connectivity index (χ1) is 17.0. The molecule has 186 valence electrons. The van der Waals surface area contributed by atoms with Gasteiger partial charge in [-0.25, -0.2) is 9.97 Å². The topological polar surface area (TPSA) is 78.0 Å². The van der Waals surface area contributed by atoms with Gasteiger partial charge in [-0.2, -0.15) is 0 Å². The first-order valence-electron chi connectivity index (χ1n) is 11.7. The lowest BCUT2D eigenvalue weighted by Gasteiger charge is -2.28. The number of benzene rings is 2. The van der Waals surface area contributed by atoms with E-state index in [1.807, 2.05) is 30.3 Å². The first kappa shape index (κ1) is 24.5. The summed E-state index contributed by atoms with van der Waals surface area (Å²) in [7, 11) is 1.62. The summed E-state index contributed by atoms with van der Waals surface area (Å²) in [6.07, 6.45) is 1.18. The Morgan fingerprint density at radius 3 is 2.63 bits per heavy atom. The van der Waals surface area contributed by atoms with E-state index in [9.17, 15) is 0 Å². The molecule has 0 radical (unpaired) electrons. The van der Waals surface area contributed by atoms with Crippen molar-refractivity contribution in [3.05, 3.63) is 46.2 Å². The molecule has 4 atom stereocenters. The summed E-state index contributed by atoms with van der Waals surface area (Å²) in [5, 5.41) is 4.73. The highest BCUT2D eigenvalue weighted by Crippen LogP contribution is 2.38. The molecular formula is C25H28BrClN4O4. The number of halogens is 2. The highest BCUT2D eigenvalue weighted by molar-refractivity contribution is 9.10. The summed E-state index contributed by atoms with van der Waals surface area (Å²) in [5.74, 6) is 1.83. The third-order valence-corrected chi connectivity index (χ3v) is 7.88. The summed E-state index contributed by atoms with van der Waals surface area (Å²) in [6.45, 7) is 7.36. The molecule has 3 aromatic rings. The molecule has 2 aliphatic rings. The minimum absolute atomic E-state index is 0.00205. The Bertz CT molecular complexity index is 1210. The molecule has 2 aromatic carbocycles. The Labute approximate surface area is 218 Å². The molecule has 10 heteroatoms. The average molecular weight is 564 g/mol. The Morgan fingerprint density at radius 2 is 1.89 bits per heavy atom. The molecule has 2 aliphatic heterocycles. The van der Waals surface area contributed by atoms with Crippen molar-refractivity contribution < 1.29 is 18.9 Å². The van der Waals surface area contributed by atoms with E-state index in [2.05, 4.69) is 50.0 Å². The van der Waals surface area contributed by atoms with Crippen LogP contribution in [-0.2, 0) is 9.47 Å². The molecule has 35 heavy (non-hydrogen) atoms. The number of likely N-dealkylation sites (N-methyl/N-ethyl adjacent to an activating group) is 1. The zero-order valence-electron chi connectivity index (χ0n) is 19.8. The highest BCUT2D eigenvalue weighted by atomic mass is 79.9. The fraction of sp³-hybridized carbons (Fsp3) is 0.440. The van der Waals surface area contributed by atoms with Gasteiger partial charge in [0.25, 0.3) is 0 Å². The molecule has 2 saturated heterocycles. The van der Waals surface area contributed by atoms with Gasteiger partial charge in [0, 0.05) is 21.6 Å². The van der Waals surface area contributed by atoms with E-state index in [0.717, 1.165) is 34.2 Å². The SMILES string of the molecule is CCN(CC)[C@@H]1COC2C1OC[C@H]2Oc1cc2ncnc(Nc3ccc(Br)c(Cl)c3)c2cc1OC. The number of nitrogens with one attached hydrogen (secondary N) is 1. The van der Waals surface area contributed by atoms with Gasteiger partial charge in [0.05, 0.1) is 36.9 Å². The predicted molar refractivity (Wildman–Crippen MR) is 139 cm³/mol. The van der Waals surface area contributed by atoms with Crippen molar-refractivity contribution in [1.29, 1.82) is 0 Å². The molecule has 0 spiro atoms. The molecule has 0 bridgehead atoms. The number of aromatic nitrogens is 2. The van der Waals surface area contributed by atoms with Crippen LogP contribution in [0.15, 0.2) is 41.1 Å². The summed E-state index contributed by atoms with van der Waals surface area (Å²) >= 11 is 9.67. The second-order valence-electron chi connectivity index (χ2n) is 8.54. The van der Waals surface area contributed by atoms with Gasteiger partial charge in [0.2, 0.25) is 0 Å². The van der Waals surface area contributed by atoms with E-state index in [4.69, 9.17) is 30.5 Å². The van der Waals surface area contributed by atoms with Crippen molar-refractivity contribution in [2.75, 3.05) is 38.7 Å². The minimum atomic E-state index is -0.226. The highest BCUT2D eigenvalue weighted by Gasteiger charge is 2.50. The molecule has 2 unspecified atom stereocenters. The second-order valence-corrected chi connectivity index (χ2v) is 9.80. The molecule has 0 aliphatic carbocycles. The predicted octanol–water partition coefficient (Wildman–Crippen LogP) is 5.05. The van der Waals surface area contributed by atoms with Gasteiger partial charge >= 0.3 is 0 Å². The minimum Gasteiger partial charge on any atom is -0.493 e. The number of hydrogen-bond acceptors (Lipinski definition) is 8. The monoisotopic (exact) mass is 562 g/mol. The second kappa shape index (κ2) is 10.4. The standard InChI is InChI=1S/C25H28BrClN4O4/c1-4-31(5-2)19-11-33-24-22(12-34-23(19)24)35-21-10-18-15(9-20(21)32-3)25(29-13-28-18)30-14-6-7-16(26)17(27)8-14/h6-10,13,19,22-24H,4-5,11-12H2,1-3H3,(H,28,29,30)/t19-,22-,23?,24?/m1/s1. The fourth-order valence-electron chi connectivity index (χ4n) is 4.84. The molecule has 1 aromatic heterocycles. The Balaban J connectivity index is 1.39. The third kappa shape index (κ3) is 4.80. The molecule has 2 fully saturated rings. The molecule has 0 saturated carbocycles. The number of fused-ring (bicyclic) bond motifs is 2. The van der Waals surface area contributed by atoms with Gasteiger partial charge in [-0.15, -0.1) is 0 Å². The largest absolute Gasteiger partial charge is 0.493 e. The summed E-state index contributed by atoms with van der Waals surface area (Å²) in [6, 6.07) is 9.64. The number of nitrogens with zero attached hydrogens (tertiary/aromatic N) is 3. The molecule has 3 heterocycles. The molecule has 1 N–H and O–H groups in total. The van der Waals surface area contributed by atoms with Crippen molar-refractivity contribution in [1.82, 2.24) is 14.9 Å². The number of methoxy groups -OCH3 is 1. The van der Waals surface area contributed by atoms with E-state index in [-0.39, 0.29) is 24.4 Å². The summed E-state index contributed by atoms with van der Waals surface area (Å²) < 4.78 is 25.2. The Hall–Kier alpha value is -2.17. The Kier molecular flexibility index (Phi) is 7.31. The van der Waals surface area contributed by atoms with Gasteiger partial charge in [0.15, 0.2) is 17.6 Å². The van der Waals surface area contributed by atoms with Crippen molar-refractivity contribution >= 4 is 49.9 Å². The average Bonchev–Trinajstić information content (AvgIpc) is 3.45. The first-order valence-corrected chi connectivity index (χ1v) is 12.9. The molecule has 8 nitrogen and oxygen atoms in total. The third-order valence-electron chi connectivity index (χ3n) is 6.64. The van der Waals surface area contributed by atoms with Crippen LogP contribution in [0.1, 0.15) is 13.8 Å². The molecule has 5 rings (SSSR count). The lowest BCUT2D eigenvalue weighted by atomic mass is 10.1. The van der Waals surface area contributed by atoms with Crippen molar-refractivity contribution in [3.63, 3.8) is 0 Å². The molecule has 0 amide bonds. The maximum absolute atomic E-state index is 6.40. The van der Waals surface area contributed by atoms with Gasteiger partial charge in [-0.05, 0) is 53.3 Å². The number of rotatable bonds is 8. The van der Waals surface area contributed by atoms with E-state index in [1.54, 1.807) is 7.11 Å². The van der Waals surface area contributed by atoms with Crippen molar-refractivity contribution in [2.45, 2.75) is 38.2 Å². The normalized spacial score (nSPS) is 23.6. The van der Waals surface area contributed by atoms with E-state index in [1.165, 1.54) is 6.33 Å². The Morgan fingerprint density at radius 1 is 1.09 bits per heavy atom. The van der Waals surface area contributed by atoms with Crippen LogP contribution in [-0.4, -0.2) is 72.6 Å². The van der Waals surface area contributed by atoms with Crippen molar-refractivity contribution in [3.8, 4) is 11.5 Å². The van der Waals surface area contributed by atoms with E-state index in [0.29, 0.717) is 35.6 Å². The van der Waals surface area contributed by atoms with Gasteiger partial charge in [-0.3, -0.25) is 4.90 Å². The number of hydrogen-bond donors (Lipinski definition) is 1. The van der Waals surface area contributed by atoms with Crippen LogP contribution in [0.25, 0.3) is 10.9 Å². The van der Waals surface area contributed by atoms with Gasteiger partial charge in [-0.1, -0.05) is 25.4 Å².